The average Bonchev–Trinajstić information content (AvgIpc) is 2.72. The van der Waals surface area contributed by atoms with E-state index in [4.69, 9.17) is 9.47 Å². The van der Waals surface area contributed by atoms with Gasteiger partial charge in [-0.25, -0.2) is 0 Å². The second-order valence-electron chi connectivity index (χ2n) is 9.12. The third-order valence-electron chi connectivity index (χ3n) is 6.54. The van der Waals surface area contributed by atoms with Crippen molar-refractivity contribution in [2.24, 2.45) is 0 Å². The first kappa shape index (κ1) is 24.3. The highest BCUT2D eigenvalue weighted by Crippen LogP contribution is 2.33. The Bertz CT molecular complexity index is 950. The number of fused-ring (bicyclic) bond motifs is 2. The second-order valence-corrected chi connectivity index (χ2v) is 9.12. The normalized spacial score (nSPS) is 25.1. The first-order chi connectivity index (χ1) is 16.1. The highest BCUT2D eigenvalue weighted by atomic mass is 19.4. The van der Waals surface area contributed by atoms with Gasteiger partial charge in [-0.2, -0.15) is 13.2 Å². The van der Waals surface area contributed by atoms with Crippen LogP contribution in [0.4, 0.5) is 18.9 Å². The molecule has 0 radical (unpaired) electrons. The molecule has 2 fully saturated rings. The zero-order chi connectivity index (χ0) is 24.5. The van der Waals surface area contributed by atoms with E-state index in [1.165, 1.54) is 23.1 Å². The summed E-state index contributed by atoms with van der Waals surface area (Å²) in [5.74, 6) is -1.39. The van der Waals surface area contributed by atoms with Gasteiger partial charge in [-0.05, 0) is 50.3 Å². The number of amides is 3. The third kappa shape index (κ3) is 5.81. The summed E-state index contributed by atoms with van der Waals surface area (Å²) >= 11 is 0. The quantitative estimate of drug-likeness (QED) is 0.671. The molecular weight excluding hydrogens is 455 g/mol. The Morgan fingerprint density at radius 1 is 1.15 bits per heavy atom. The molecule has 0 bridgehead atoms. The van der Waals surface area contributed by atoms with E-state index < -0.39 is 24.6 Å². The van der Waals surface area contributed by atoms with Gasteiger partial charge in [0.05, 0.1) is 24.1 Å². The number of nitrogens with one attached hydrogen (secondary N) is 2. The monoisotopic (exact) mass is 483 g/mol. The number of carbonyl (C=O) groups excluding carboxylic acids is 3. The van der Waals surface area contributed by atoms with Crippen molar-refractivity contribution in [3.63, 3.8) is 0 Å². The molecule has 3 atom stereocenters. The highest BCUT2D eigenvalue weighted by Gasteiger charge is 2.39. The molecule has 1 saturated carbocycles. The van der Waals surface area contributed by atoms with Crippen LogP contribution in [0.2, 0.25) is 0 Å². The van der Waals surface area contributed by atoms with Crippen LogP contribution in [0.3, 0.4) is 0 Å². The Balaban J connectivity index is 1.42. The van der Waals surface area contributed by atoms with Crippen molar-refractivity contribution in [2.45, 2.75) is 75.4 Å². The summed E-state index contributed by atoms with van der Waals surface area (Å²) < 4.78 is 49.3. The van der Waals surface area contributed by atoms with Gasteiger partial charge in [0.2, 0.25) is 11.8 Å². The Morgan fingerprint density at radius 3 is 2.59 bits per heavy atom. The maximum Gasteiger partial charge on any atom is 0.397 e. The van der Waals surface area contributed by atoms with E-state index in [0.717, 1.165) is 19.3 Å². The molecule has 186 valence electrons. The van der Waals surface area contributed by atoms with Gasteiger partial charge < -0.3 is 25.0 Å². The van der Waals surface area contributed by atoms with Crippen molar-refractivity contribution >= 4 is 23.4 Å². The van der Waals surface area contributed by atoms with Gasteiger partial charge in [0.15, 0.2) is 0 Å². The second kappa shape index (κ2) is 9.81. The Morgan fingerprint density at radius 2 is 1.91 bits per heavy atom. The standard InChI is InChI=1S/C23H28F3N3O5/c1-29-17-7-6-15(10-20(30)27-13-3-2-4-13)34-19(17)12-33-18-8-5-14(9-16(18)22(29)32)28-21(31)11-23(24,25)26/h5,8-9,13,15,17,19H,2-4,6-7,10-12H2,1H3,(H,27,30)(H,28,31)/t15-,17+,19-/m1/s1. The first-order valence-electron chi connectivity index (χ1n) is 11.4. The molecule has 1 aromatic carbocycles. The van der Waals surface area contributed by atoms with Crippen LogP contribution in [0.5, 0.6) is 5.75 Å². The lowest BCUT2D eigenvalue weighted by molar-refractivity contribution is -0.150. The number of anilines is 1. The van der Waals surface area contributed by atoms with E-state index >= 15 is 0 Å². The molecular formula is C23H28F3N3O5. The molecule has 1 aromatic rings. The number of ether oxygens (including phenoxy) is 2. The van der Waals surface area contributed by atoms with Crippen molar-refractivity contribution in [2.75, 3.05) is 19.0 Å². The smallest absolute Gasteiger partial charge is 0.397 e. The number of alkyl halides is 3. The fraction of sp³-hybridized carbons (Fsp3) is 0.609. The molecule has 2 N–H and O–H groups in total. The molecule has 3 amide bonds. The van der Waals surface area contributed by atoms with Crippen molar-refractivity contribution in [3.05, 3.63) is 23.8 Å². The number of carbonyl (C=O) groups is 3. The molecule has 1 aliphatic carbocycles. The number of likely N-dealkylation sites (N-methyl/N-ethyl adjacent to an activating group) is 1. The van der Waals surface area contributed by atoms with Crippen LogP contribution in [0.15, 0.2) is 18.2 Å². The van der Waals surface area contributed by atoms with Gasteiger partial charge in [0, 0.05) is 18.8 Å². The topological polar surface area (TPSA) is 97.0 Å². The maximum atomic E-state index is 13.2. The molecule has 3 aliphatic rings. The Hall–Kier alpha value is -2.82. The van der Waals surface area contributed by atoms with Gasteiger partial charge >= 0.3 is 6.18 Å². The number of halogens is 3. The molecule has 0 spiro atoms. The molecule has 4 rings (SSSR count). The van der Waals surface area contributed by atoms with Crippen LogP contribution in [-0.4, -0.2) is 66.7 Å². The van der Waals surface area contributed by atoms with E-state index in [0.29, 0.717) is 12.8 Å². The summed E-state index contributed by atoms with van der Waals surface area (Å²) in [7, 11) is 1.64. The van der Waals surface area contributed by atoms with E-state index in [2.05, 4.69) is 10.6 Å². The minimum absolute atomic E-state index is 0.0326. The molecule has 1 saturated heterocycles. The largest absolute Gasteiger partial charge is 0.490 e. The predicted octanol–water partition coefficient (Wildman–Crippen LogP) is 3.02. The summed E-state index contributed by atoms with van der Waals surface area (Å²) in [6, 6.07) is 4.12. The maximum absolute atomic E-state index is 13.2. The predicted molar refractivity (Wildman–Crippen MR) is 115 cm³/mol. The zero-order valence-electron chi connectivity index (χ0n) is 18.8. The fourth-order valence-electron chi connectivity index (χ4n) is 4.54. The van der Waals surface area contributed by atoms with Crippen LogP contribution < -0.4 is 15.4 Å². The van der Waals surface area contributed by atoms with E-state index in [9.17, 15) is 27.6 Å². The van der Waals surface area contributed by atoms with Crippen LogP contribution in [0.1, 0.15) is 55.3 Å². The fourth-order valence-corrected chi connectivity index (χ4v) is 4.54. The van der Waals surface area contributed by atoms with E-state index in [1.54, 1.807) is 7.05 Å². The van der Waals surface area contributed by atoms with Gasteiger partial charge in [-0.15, -0.1) is 0 Å². The molecule has 0 aromatic heterocycles. The van der Waals surface area contributed by atoms with E-state index in [1.807, 2.05) is 0 Å². The highest BCUT2D eigenvalue weighted by molar-refractivity contribution is 5.99. The lowest BCUT2D eigenvalue weighted by atomic mass is 9.92. The van der Waals surface area contributed by atoms with Crippen molar-refractivity contribution in [1.29, 1.82) is 0 Å². The lowest BCUT2D eigenvalue weighted by Crippen LogP contribution is -2.54. The molecule has 34 heavy (non-hydrogen) atoms. The lowest BCUT2D eigenvalue weighted by Gasteiger charge is -2.42. The van der Waals surface area contributed by atoms with Gasteiger partial charge in [0.25, 0.3) is 5.91 Å². The van der Waals surface area contributed by atoms with Crippen LogP contribution in [-0.2, 0) is 14.3 Å². The van der Waals surface area contributed by atoms with Gasteiger partial charge in [-0.3, -0.25) is 14.4 Å². The minimum atomic E-state index is -4.63. The summed E-state index contributed by atoms with van der Waals surface area (Å²) in [5, 5.41) is 5.19. The number of rotatable bonds is 5. The van der Waals surface area contributed by atoms with Crippen molar-refractivity contribution in [3.8, 4) is 5.75 Å². The first-order valence-corrected chi connectivity index (χ1v) is 11.4. The van der Waals surface area contributed by atoms with Crippen LogP contribution >= 0.6 is 0 Å². The Labute approximate surface area is 195 Å². The average molecular weight is 483 g/mol. The Kier molecular flexibility index (Phi) is 7.01. The number of benzene rings is 1. The SMILES string of the molecule is CN1C(=O)c2cc(NC(=O)CC(F)(F)F)ccc2OC[C@H]2O[C@@H](CC(=O)NC3CCC3)CC[C@@H]21. The molecule has 2 aliphatic heterocycles. The van der Waals surface area contributed by atoms with Crippen molar-refractivity contribution < 1.29 is 37.0 Å². The molecule has 0 unspecified atom stereocenters. The molecule has 11 heteroatoms. The summed E-state index contributed by atoms with van der Waals surface area (Å²) in [4.78, 5) is 38.6. The minimum Gasteiger partial charge on any atom is -0.490 e. The van der Waals surface area contributed by atoms with Gasteiger partial charge in [0.1, 0.15) is 24.9 Å². The van der Waals surface area contributed by atoms with E-state index in [-0.39, 0.29) is 60.0 Å². The number of hydrogen-bond acceptors (Lipinski definition) is 5. The molecule has 8 nitrogen and oxygen atoms in total. The van der Waals surface area contributed by atoms with Crippen molar-refractivity contribution in [1.82, 2.24) is 10.2 Å². The van der Waals surface area contributed by atoms with Crippen LogP contribution in [0.25, 0.3) is 0 Å². The van der Waals surface area contributed by atoms with Gasteiger partial charge in [-0.1, -0.05) is 0 Å². The summed E-state index contributed by atoms with van der Waals surface area (Å²) in [5.41, 5.74) is 0.223. The summed E-state index contributed by atoms with van der Waals surface area (Å²) in [6.45, 7) is 0.149. The molecule has 2 heterocycles. The third-order valence-corrected chi connectivity index (χ3v) is 6.54. The van der Waals surface area contributed by atoms with Crippen LogP contribution in [0, 0.1) is 0 Å². The summed E-state index contributed by atoms with van der Waals surface area (Å²) in [6.07, 6.45) is -2.29. The number of nitrogens with zero attached hydrogens (tertiary/aromatic N) is 1. The zero-order valence-corrected chi connectivity index (χ0v) is 18.8. The number of hydrogen-bond donors (Lipinski definition) is 2.